The molecule has 20 heavy (non-hydrogen) atoms. The number of benzene rings is 2. The molecule has 0 aromatic heterocycles. The van der Waals surface area contributed by atoms with E-state index in [1.165, 1.54) is 5.56 Å². The van der Waals surface area contributed by atoms with Crippen LogP contribution in [0.2, 0.25) is 5.02 Å². The maximum absolute atomic E-state index is 6.28. The zero-order valence-electron chi connectivity index (χ0n) is 12.2. The molecule has 0 bridgehead atoms. The minimum Gasteiger partial charge on any atom is -0.457 e. The second-order valence-corrected chi connectivity index (χ2v) is 5.28. The maximum atomic E-state index is 6.28. The lowest BCUT2D eigenvalue weighted by Gasteiger charge is -2.15. The van der Waals surface area contributed by atoms with Crippen molar-refractivity contribution in [2.24, 2.45) is 0 Å². The predicted molar refractivity (Wildman–Crippen MR) is 84.8 cm³/mol. The van der Waals surface area contributed by atoms with E-state index in [0.29, 0.717) is 6.54 Å². The molecule has 0 heterocycles. The van der Waals surface area contributed by atoms with Crippen LogP contribution < -0.4 is 10.1 Å². The maximum Gasteiger partial charge on any atom is 0.133 e. The Hall–Kier alpha value is -1.51. The molecule has 2 aromatic rings. The molecule has 0 aliphatic carbocycles. The number of aryl methyl sites for hydroxylation is 2. The van der Waals surface area contributed by atoms with E-state index in [4.69, 9.17) is 16.3 Å². The van der Waals surface area contributed by atoms with E-state index in [9.17, 15) is 0 Å². The van der Waals surface area contributed by atoms with Crippen LogP contribution in [0.15, 0.2) is 36.4 Å². The van der Waals surface area contributed by atoms with Crippen molar-refractivity contribution < 1.29 is 4.74 Å². The van der Waals surface area contributed by atoms with Crippen LogP contribution in [0.5, 0.6) is 11.5 Å². The summed E-state index contributed by atoms with van der Waals surface area (Å²) in [6.45, 7) is 7.78. The molecule has 0 fully saturated rings. The molecule has 0 amide bonds. The normalized spacial score (nSPS) is 10.6. The number of halogens is 1. The molecule has 3 heteroatoms. The lowest BCUT2D eigenvalue weighted by Crippen LogP contribution is -2.12. The highest BCUT2D eigenvalue weighted by atomic mass is 35.5. The lowest BCUT2D eigenvalue weighted by molar-refractivity contribution is 0.469. The SMILES string of the molecule is CCNCc1c(Cl)cccc1Oc1cc(C)ccc1C. The third-order valence-electron chi connectivity index (χ3n) is 3.19. The molecule has 0 aliphatic heterocycles. The second kappa shape index (κ2) is 6.78. The molecule has 0 unspecified atom stereocenters. The van der Waals surface area contributed by atoms with Crippen molar-refractivity contribution in [3.8, 4) is 11.5 Å². The van der Waals surface area contributed by atoms with Gasteiger partial charge in [-0.1, -0.05) is 36.7 Å². The van der Waals surface area contributed by atoms with Crippen LogP contribution in [0.25, 0.3) is 0 Å². The monoisotopic (exact) mass is 289 g/mol. The van der Waals surface area contributed by atoms with Crippen LogP contribution in [0.3, 0.4) is 0 Å². The molecule has 0 saturated carbocycles. The first-order valence-corrected chi connectivity index (χ1v) is 7.23. The van der Waals surface area contributed by atoms with Crippen LogP contribution in [0.1, 0.15) is 23.6 Å². The zero-order chi connectivity index (χ0) is 14.5. The fraction of sp³-hybridized carbons (Fsp3) is 0.294. The van der Waals surface area contributed by atoms with Gasteiger partial charge in [-0.05, 0) is 49.7 Å². The summed E-state index contributed by atoms with van der Waals surface area (Å²) in [5, 5.41) is 4.02. The van der Waals surface area contributed by atoms with E-state index < -0.39 is 0 Å². The Balaban J connectivity index is 2.33. The van der Waals surface area contributed by atoms with Crippen molar-refractivity contribution in [2.45, 2.75) is 27.3 Å². The number of nitrogens with one attached hydrogen (secondary N) is 1. The summed E-state index contributed by atoms with van der Waals surface area (Å²) in [5.74, 6) is 1.69. The van der Waals surface area contributed by atoms with Crippen LogP contribution in [0, 0.1) is 13.8 Å². The molecule has 2 rings (SSSR count). The van der Waals surface area contributed by atoms with E-state index in [1.54, 1.807) is 0 Å². The molecule has 0 saturated heterocycles. The summed E-state index contributed by atoms with van der Waals surface area (Å²) in [6, 6.07) is 12.0. The highest BCUT2D eigenvalue weighted by molar-refractivity contribution is 6.31. The molecule has 0 aliphatic rings. The van der Waals surface area contributed by atoms with Crippen molar-refractivity contribution in [2.75, 3.05) is 6.54 Å². The molecule has 1 N–H and O–H groups in total. The quantitative estimate of drug-likeness (QED) is 0.849. The number of ether oxygens (including phenoxy) is 1. The van der Waals surface area contributed by atoms with Gasteiger partial charge in [0.15, 0.2) is 0 Å². The molecule has 2 aromatic carbocycles. The third-order valence-corrected chi connectivity index (χ3v) is 3.55. The molecule has 106 valence electrons. The smallest absolute Gasteiger partial charge is 0.133 e. The Morgan fingerprint density at radius 3 is 2.65 bits per heavy atom. The second-order valence-electron chi connectivity index (χ2n) is 4.87. The Bertz CT molecular complexity index is 596. The summed E-state index contributed by atoms with van der Waals surface area (Å²) >= 11 is 6.28. The minimum absolute atomic E-state index is 0.705. The third kappa shape index (κ3) is 3.53. The van der Waals surface area contributed by atoms with E-state index in [0.717, 1.165) is 34.2 Å². The minimum atomic E-state index is 0.705. The fourth-order valence-corrected chi connectivity index (χ4v) is 2.22. The predicted octanol–water partition coefficient (Wildman–Crippen LogP) is 4.86. The van der Waals surface area contributed by atoms with Crippen LogP contribution in [0.4, 0.5) is 0 Å². The number of hydrogen-bond donors (Lipinski definition) is 1. The van der Waals surface area contributed by atoms with E-state index in [2.05, 4.69) is 31.3 Å². The number of hydrogen-bond acceptors (Lipinski definition) is 2. The average Bonchev–Trinajstić information content (AvgIpc) is 2.42. The topological polar surface area (TPSA) is 21.3 Å². The zero-order valence-corrected chi connectivity index (χ0v) is 12.9. The van der Waals surface area contributed by atoms with E-state index in [-0.39, 0.29) is 0 Å². The molecular weight excluding hydrogens is 270 g/mol. The van der Waals surface area contributed by atoms with Crippen molar-refractivity contribution in [1.29, 1.82) is 0 Å². The van der Waals surface area contributed by atoms with Gasteiger partial charge in [0.2, 0.25) is 0 Å². The highest BCUT2D eigenvalue weighted by Gasteiger charge is 2.10. The highest BCUT2D eigenvalue weighted by Crippen LogP contribution is 2.32. The average molecular weight is 290 g/mol. The fourth-order valence-electron chi connectivity index (χ4n) is 1.99. The van der Waals surface area contributed by atoms with Gasteiger partial charge < -0.3 is 10.1 Å². The van der Waals surface area contributed by atoms with Gasteiger partial charge in [0.1, 0.15) is 11.5 Å². The standard InChI is InChI=1S/C17H20ClNO/c1-4-19-11-14-15(18)6-5-7-16(14)20-17-10-12(2)8-9-13(17)3/h5-10,19H,4,11H2,1-3H3. The van der Waals surface area contributed by atoms with Gasteiger partial charge in [0, 0.05) is 17.1 Å². The van der Waals surface area contributed by atoms with Gasteiger partial charge >= 0.3 is 0 Å². The van der Waals surface area contributed by atoms with Gasteiger partial charge in [-0.15, -0.1) is 0 Å². The summed E-state index contributed by atoms with van der Waals surface area (Å²) in [7, 11) is 0. The van der Waals surface area contributed by atoms with Gasteiger partial charge in [-0.3, -0.25) is 0 Å². The summed E-state index contributed by atoms with van der Waals surface area (Å²) in [5.41, 5.74) is 3.29. The molecule has 0 atom stereocenters. The molecular formula is C17H20ClNO. The van der Waals surface area contributed by atoms with E-state index in [1.807, 2.05) is 31.2 Å². The Labute approximate surface area is 125 Å². The van der Waals surface area contributed by atoms with Crippen LogP contribution >= 0.6 is 11.6 Å². The molecule has 0 spiro atoms. The Morgan fingerprint density at radius 1 is 1.10 bits per heavy atom. The van der Waals surface area contributed by atoms with Crippen LogP contribution in [-0.2, 0) is 6.54 Å². The molecule has 0 radical (unpaired) electrons. The largest absolute Gasteiger partial charge is 0.457 e. The van der Waals surface area contributed by atoms with Crippen molar-refractivity contribution in [1.82, 2.24) is 5.32 Å². The van der Waals surface area contributed by atoms with Crippen molar-refractivity contribution in [3.63, 3.8) is 0 Å². The van der Waals surface area contributed by atoms with Gasteiger partial charge in [0.05, 0.1) is 0 Å². The first-order chi connectivity index (χ1) is 9.61. The van der Waals surface area contributed by atoms with Gasteiger partial charge in [-0.2, -0.15) is 0 Å². The van der Waals surface area contributed by atoms with Crippen molar-refractivity contribution in [3.05, 3.63) is 58.1 Å². The van der Waals surface area contributed by atoms with Gasteiger partial charge in [-0.25, -0.2) is 0 Å². The molecule has 2 nitrogen and oxygen atoms in total. The first kappa shape index (κ1) is 14.9. The van der Waals surface area contributed by atoms with Crippen molar-refractivity contribution >= 4 is 11.6 Å². The lowest BCUT2D eigenvalue weighted by atomic mass is 10.1. The Kier molecular flexibility index (Phi) is 5.05. The Morgan fingerprint density at radius 2 is 1.90 bits per heavy atom. The van der Waals surface area contributed by atoms with Gasteiger partial charge in [0.25, 0.3) is 0 Å². The van der Waals surface area contributed by atoms with E-state index >= 15 is 0 Å². The summed E-state index contributed by atoms with van der Waals surface area (Å²) in [4.78, 5) is 0. The first-order valence-electron chi connectivity index (χ1n) is 6.85. The summed E-state index contributed by atoms with van der Waals surface area (Å²) in [6.07, 6.45) is 0. The summed E-state index contributed by atoms with van der Waals surface area (Å²) < 4.78 is 6.07. The van der Waals surface area contributed by atoms with Crippen LogP contribution in [-0.4, -0.2) is 6.54 Å². The number of rotatable bonds is 5.